The Kier molecular flexibility index (Phi) is 1.90. The second-order valence-corrected chi connectivity index (χ2v) is 4.71. The predicted octanol–water partition coefficient (Wildman–Crippen LogP) is 1.17. The maximum absolute atomic E-state index is 5.59. The molecule has 1 aliphatic rings. The van der Waals surface area contributed by atoms with Crippen LogP contribution in [0.15, 0.2) is 4.60 Å². The van der Waals surface area contributed by atoms with Gasteiger partial charge in [0.1, 0.15) is 10.4 Å². The molecule has 0 bridgehead atoms. The largest absolute Gasteiger partial charge is 0.325 e. The highest BCUT2D eigenvalue weighted by Gasteiger charge is 2.30. The highest BCUT2D eigenvalue weighted by molar-refractivity contribution is 9.10. The Morgan fingerprint density at radius 1 is 1.53 bits per heavy atom. The van der Waals surface area contributed by atoms with Crippen molar-refractivity contribution in [3.8, 4) is 0 Å². The van der Waals surface area contributed by atoms with Crippen LogP contribution >= 0.6 is 15.9 Å². The van der Waals surface area contributed by atoms with Gasteiger partial charge in [-0.2, -0.15) is 9.61 Å². The normalized spacial score (nSPS) is 16.5. The van der Waals surface area contributed by atoms with Gasteiger partial charge in [0, 0.05) is 19.5 Å². The van der Waals surface area contributed by atoms with Gasteiger partial charge in [-0.1, -0.05) is 0 Å². The lowest BCUT2D eigenvalue weighted by atomic mass is 10.4. The summed E-state index contributed by atoms with van der Waals surface area (Å²) in [6.07, 6.45) is 2.49. The summed E-state index contributed by atoms with van der Waals surface area (Å²) in [6, 6.07) is 0. The van der Waals surface area contributed by atoms with Gasteiger partial charge < -0.3 is 5.73 Å². The minimum absolute atomic E-state index is 0.433. The first kappa shape index (κ1) is 9.35. The molecule has 1 saturated carbocycles. The van der Waals surface area contributed by atoms with E-state index < -0.39 is 0 Å². The molecule has 1 aliphatic carbocycles. The number of rotatable bonds is 2. The number of imidazole rings is 1. The third kappa shape index (κ3) is 1.24. The summed E-state index contributed by atoms with van der Waals surface area (Å²) in [5.41, 5.74) is 6.45. The zero-order valence-electron chi connectivity index (χ0n) is 8.44. The van der Waals surface area contributed by atoms with Crippen LogP contribution < -0.4 is 5.73 Å². The quantitative estimate of drug-likeness (QED) is 0.891. The van der Waals surface area contributed by atoms with Crippen LogP contribution in [0.2, 0.25) is 0 Å². The van der Waals surface area contributed by atoms with Crippen LogP contribution in [0, 0.1) is 0 Å². The summed E-state index contributed by atoms with van der Waals surface area (Å²) >= 11 is 3.47. The molecule has 15 heavy (non-hydrogen) atoms. The molecule has 5 nitrogen and oxygen atoms in total. The van der Waals surface area contributed by atoms with Gasteiger partial charge in [-0.15, -0.1) is 0 Å². The van der Waals surface area contributed by atoms with E-state index in [1.807, 2.05) is 11.6 Å². The lowest BCUT2D eigenvalue weighted by Gasteiger charge is -1.96. The summed E-state index contributed by atoms with van der Waals surface area (Å²) in [5.74, 6) is 2.62. The fraction of sp³-hybridized carbons (Fsp3) is 0.556. The Bertz CT molecular complexity index is 522. The summed E-state index contributed by atoms with van der Waals surface area (Å²) in [4.78, 5) is 4.45. The third-order valence-corrected chi connectivity index (χ3v) is 3.62. The number of aryl methyl sites for hydroxylation is 1. The minimum Gasteiger partial charge on any atom is -0.325 e. The van der Waals surface area contributed by atoms with Gasteiger partial charge in [-0.25, -0.2) is 4.98 Å². The first-order chi connectivity index (χ1) is 7.22. The average molecular weight is 270 g/mol. The topological polar surface area (TPSA) is 61.1 Å². The maximum Gasteiger partial charge on any atom is 0.233 e. The van der Waals surface area contributed by atoms with Gasteiger partial charge in [0.2, 0.25) is 5.78 Å². The molecular formula is C9H12BrN5. The smallest absolute Gasteiger partial charge is 0.233 e. The molecule has 3 rings (SSSR count). The van der Waals surface area contributed by atoms with E-state index >= 15 is 0 Å². The van der Waals surface area contributed by atoms with Crippen LogP contribution in [-0.4, -0.2) is 19.2 Å². The molecule has 0 spiro atoms. The zero-order valence-corrected chi connectivity index (χ0v) is 10.0. The zero-order chi connectivity index (χ0) is 10.6. The van der Waals surface area contributed by atoms with E-state index in [4.69, 9.17) is 5.73 Å². The van der Waals surface area contributed by atoms with Gasteiger partial charge in [0.05, 0.1) is 5.69 Å². The van der Waals surface area contributed by atoms with Crippen molar-refractivity contribution in [3.05, 3.63) is 16.1 Å². The Balaban J connectivity index is 2.24. The fourth-order valence-corrected chi connectivity index (χ4v) is 2.32. The van der Waals surface area contributed by atoms with Crippen LogP contribution in [0.4, 0.5) is 0 Å². The first-order valence-corrected chi connectivity index (χ1v) is 5.81. The molecule has 0 radical (unpaired) electrons. The van der Waals surface area contributed by atoms with Gasteiger partial charge >= 0.3 is 0 Å². The number of fused-ring (bicyclic) bond motifs is 1. The van der Waals surface area contributed by atoms with Crippen LogP contribution in [0.3, 0.4) is 0 Å². The number of hydrogen-bond donors (Lipinski definition) is 1. The summed E-state index contributed by atoms with van der Waals surface area (Å²) in [7, 11) is 2.01. The van der Waals surface area contributed by atoms with Gasteiger partial charge in [0.15, 0.2) is 0 Å². The third-order valence-electron chi connectivity index (χ3n) is 2.83. The van der Waals surface area contributed by atoms with E-state index in [1.165, 1.54) is 12.8 Å². The lowest BCUT2D eigenvalue weighted by Crippen LogP contribution is -2.00. The van der Waals surface area contributed by atoms with Crippen molar-refractivity contribution in [1.82, 2.24) is 19.2 Å². The second-order valence-electron chi connectivity index (χ2n) is 3.96. The molecule has 2 N–H and O–H groups in total. The molecular weight excluding hydrogens is 258 g/mol. The first-order valence-electron chi connectivity index (χ1n) is 5.02. The van der Waals surface area contributed by atoms with Crippen molar-refractivity contribution in [2.75, 3.05) is 0 Å². The predicted molar refractivity (Wildman–Crippen MR) is 59.5 cm³/mol. The maximum atomic E-state index is 5.59. The Morgan fingerprint density at radius 2 is 2.27 bits per heavy atom. The average Bonchev–Trinajstić information content (AvgIpc) is 2.95. The molecule has 2 heterocycles. The molecule has 2 aromatic rings. The summed E-state index contributed by atoms with van der Waals surface area (Å²) in [6.45, 7) is 0.433. The van der Waals surface area contributed by atoms with Crippen LogP contribution in [0.1, 0.15) is 30.3 Å². The molecule has 6 heteroatoms. The minimum atomic E-state index is 0.433. The highest BCUT2D eigenvalue weighted by atomic mass is 79.9. The van der Waals surface area contributed by atoms with Crippen molar-refractivity contribution in [2.45, 2.75) is 25.3 Å². The van der Waals surface area contributed by atoms with E-state index in [2.05, 4.69) is 30.6 Å². The van der Waals surface area contributed by atoms with Crippen molar-refractivity contribution in [3.63, 3.8) is 0 Å². The molecule has 0 aromatic carbocycles. The summed E-state index contributed by atoms with van der Waals surface area (Å²) < 4.78 is 4.76. The summed E-state index contributed by atoms with van der Waals surface area (Å²) in [5, 5.41) is 4.56. The Labute approximate surface area is 95.4 Å². The number of hydrogen-bond acceptors (Lipinski definition) is 3. The van der Waals surface area contributed by atoms with Gasteiger partial charge in [0.25, 0.3) is 0 Å². The number of nitrogens with two attached hydrogens (primary N) is 1. The van der Waals surface area contributed by atoms with Crippen LogP contribution in [-0.2, 0) is 13.6 Å². The lowest BCUT2D eigenvalue weighted by molar-refractivity contribution is 0.791. The SMILES string of the molecule is Cn1c(C2CC2)nn2c(Br)c(CN)nc12. The highest BCUT2D eigenvalue weighted by Crippen LogP contribution is 2.39. The Morgan fingerprint density at radius 3 is 2.80 bits per heavy atom. The van der Waals surface area contributed by atoms with E-state index in [-0.39, 0.29) is 0 Å². The number of nitrogens with zero attached hydrogens (tertiary/aromatic N) is 4. The standard InChI is InChI=1S/C9H12BrN5/c1-14-8(5-2-3-5)13-15-7(10)6(4-11)12-9(14)15/h5H,2-4,11H2,1H3. The van der Waals surface area contributed by atoms with Gasteiger partial charge in [-0.05, 0) is 28.8 Å². The van der Waals surface area contributed by atoms with Crippen molar-refractivity contribution in [2.24, 2.45) is 12.8 Å². The van der Waals surface area contributed by atoms with E-state index in [1.54, 1.807) is 0 Å². The molecule has 1 fully saturated rings. The molecule has 0 aliphatic heterocycles. The van der Waals surface area contributed by atoms with Crippen LogP contribution in [0.5, 0.6) is 0 Å². The Hall–Kier alpha value is -0.880. The second kappa shape index (κ2) is 3.05. The number of aromatic nitrogens is 4. The van der Waals surface area contributed by atoms with Crippen molar-refractivity contribution in [1.29, 1.82) is 0 Å². The molecule has 0 atom stereocenters. The molecule has 2 aromatic heterocycles. The molecule has 80 valence electrons. The van der Waals surface area contributed by atoms with E-state index in [9.17, 15) is 0 Å². The molecule has 0 saturated heterocycles. The van der Waals surface area contributed by atoms with Crippen LogP contribution in [0.25, 0.3) is 5.78 Å². The van der Waals surface area contributed by atoms with E-state index in [0.717, 1.165) is 21.9 Å². The van der Waals surface area contributed by atoms with E-state index in [0.29, 0.717) is 12.5 Å². The monoisotopic (exact) mass is 269 g/mol. The van der Waals surface area contributed by atoms with Crippen molar-refractivity contribution < 1.29 is 0 Å². The van der Waals surface area contributed by atoms with Crippen molar-refractivity contribution >= 4 is 21.7 Å². The number of halogens is 1. The molecule has 0 unspecified atom stereocenters. The fourth-order valence-electron chi connectivity index (χ4n) is 1.83. The van der Waals surface area contributed by atoms with Gasteiger partial charge in [-0.3, -0.25) is 4.57 Å². The molecule has 0 amide bonds.